The number of furan rings is 1. The molecule has 2 rings (SSSR count). The third-order valence-corrected chi connectivity index (χ3v) is 4.17. The highest BCUT2D eigenvalue weighted by atomic mass is 35.5. The van der Waals surface area contributed by atoms with Gasteiger partial charge in [-0.15, -0.1) is 12.4 Å². The second-order valence-electron chi connectivity index (χ2n) is 6.03. The zero-order chi connectivity index (χ0) is 17.9. The van der Waals surface area contributed by atoms with Crippen molar-refractivity contribution < 1.29 is 9.89 Å². The number of allylic oxidation sites excluding steroid dienone is 1. The highest BCUT2D eigenvalue weighted by molar-refractivity contribution is 5.85. The zero-order valence-corrected chi connectivity index (χ0v) is 16.5. The first-order chi connectivity index (χ1) is 12.3. The Bertz CT molecular complexity index is 640. The fraction of sp³-hybridized carbons (Fsp3) is 0.556. The van der Waals surface area contributed by atoms with Gasteiger partial charge in [-0.3, -0.25) is 4.90 Å². The summed E-state index contributed by atoms with van der Waals surface area (Å²) < 4.78 is 5.88. The number of nitriles is 2. The minimum atomic E-state index is 0. The quantitative estimate of drug-likeness (QED) is 0.419. The molecule has 0 spiro atoms. The summed E-state index contributed by atoms with van der Waals surface area (Å²) in [4.78, 5) is 2.44. The van der Waals surface area contributed by atoms with Crippen molar-refractivity contribution in [2.24, 2.45) is 0 Å². The lowest BCUT2D eigenvalue weighted by Crippen LogP contribution is -2.31. The number of halogens is 1. The van der Waals surface area contributed by atoms with Crippen LogP contribution in [0.25, 0.3) is 0 Å². The van der Waals surface area contributed by atoms with Crippen LogP contribution in [0.5, 0.6) is 0 Å². The van der Waals surface area contributed by atoms with Crippen LogP contribution in [0.15, 0.2) is 27.9 Å². The van der Waals surface area contributed by atoms with E-state index in [0.29, 0.717) is 25.5 Å². The van der Waals surface area contributed by atoms with Crippen LogP contribution < -0.4 is 16.0 Å². The molecule has 1 saturated heterocycles. The minimum Gasteiger partial charge on any atom is -0.463 e. The second-order valence-corrected chi connectivity index (χ2v) is 6.03. The van der Waals surface area contributed by atoms with Gasteiger partial charge >= 0.3 is 0 Å². The van der Waals surface area contributed by atoms with E-state index in [0.717, 1.165) is 31.2 Å². The number of nitrogens with one attached hydrogen (secondary N) is 3. The van der Waals surface area contributed by atoms with Crippen LogP contribution in [-0.4, -0.2) is 43.6 Å². The summed E-state index contributed by atoms with van der Waals surface area (Å²) in [5.74, 6) is 2.39. The molecule has 0 atom stereocenters. The number of likely N-dealkylation sites (tertiary alicyclic amines) is 1. The van der Waals surface area contributed by atoms with Gasteiger partial charge in [0.15, 0.2) is 5.57 Å². The topological polar surface area (TPSA) is 132 Å². The summed E-state index contributed by atoms with van der Waals surface area (Å²) in [6.45, 7) is 5.16. The van der Waals surface area contributed by atoms with E-state index in [1.807, 2.05) is 18.2 Å². The molecule has 0 aliphatic carbocycles. The van der Waals surface area contributed by atoms with E-state index >= 15 is 0 Å². The van der Waals surface area contributed by atoms with Crippen LogP contribution >= 0.6 is 12.4 Å². The van der Waals surface area contributed by atoms with E-state index in [4.69, 9.17) is 14.9 Å². The molecule has 0 saturated carbocycles. The maximum Gasteiger partial charge on any atom is 0.169 e. The lowest BCUT2D eigenvalue weighted by atomic mass is 10.1. The maximum absolute atomic E-state index is 8.86. The Labute approximate surface area is 166 Å². The van der Waals surface area contributed by atoms with Crippen LogP contribution in [0.4, 0.5) is 0 Å². The average Bonchev–Trinajstić information content (AvgIpc) is 3.08. The molecule has 1 aromatic rings. The Hall–Kier alpha value is -2.23. The molecule has 2 heterocycles. The Morgan fingerprint density at radius 3 is 2.41 bits per heavy atom. The standard InChI is InChI=1S/C18H26N6O.ClH.H2O/c1-21-18(15(11-19)12-20)23-8-7-22-13-16-5-6-17(25-16)14-24-9-3-2-4-10-24;;/h5-6,21-23H,2-4,7-10,13-14H2,1H3;1H;1H2. The Balaban J connectivity index is 0.00000338. The maximum atomic E-state index is 8.86. The molecule has 9 heteroatoms. The van der Waals surface area contributed by atoms with Crippen molar-refractivity contribution in [2.75, 3.05) is 33.2 Å². The minimum absolute atomic E-state index is 0. The van der Waals surface area contributed by atoms with Crippen molar-refractivity contribution in [1.82, 2.24) is 20.9 Å². The van der Waals surface area contributed by atoms with Gasteiger partial charge in [-0.1, -0.05) is 6.42 Å². The molecule has 1 aliphatic rings. The lowest BCUT2D eigenvalue weighted by Gasteiger charge is -2.25. The first-order valence-electron chi connectivity index (χ1n) is 8.73. The summed E-state index contributed by atoms with van der Waals surface area (Å²) >= 11 is 0. The molecule has 1 fully saturated rings. The monoisotopic (exact) mass is 396 g/mol. The van der Waals surface area contributed by atoms with E-state index in [1.165, 1.54) is 19.3 Å². The lowest BCUT2D eigenvalue weighted by molar-refractivity contribution is 0.203. The molecule has 8 nitrogen and oxygen atoms in total. The molecule has 150 valence electrons. The number of hydrogen-bond donors (Lipinski definition) is 3. The fourth-order valence-electron chi connectivity index (χ4n) is 2.87. The SMILES string of the molecule is CNC(NCCNCc1ccc(CN2CCCCC2)o1)=C(C#N)C#N.Cl.O. The van der Waals surface area contributed by atoms with Crippen LogP contribution in [0, 0.1) is 22.7 Å². The molecule has 27 heavy (non-hydrogen) atoms. The highest BCUT2D eigenvalue weighted by Gasteiger charge is 2.12. The van der Waals surface area contributed by atoms with Gasteiger partial charge in [0.25, 0.3) is 0 Å². The van der Waals surface area contributed by atoms with Gasteiger partial charge in [0.1, 0.15) is 29.5 Å². The third kappa shape index (κ3) is 8.33. The van der Waals surface area contributed by atoms with Crippen molar-refractivity contribution in [1.29, 1.82) is 10.5 Å². The van der Waals surface area contributed by atoms with Gasteiger partial charge in [0, 0.05) is 20.1 Å². The molecule has 0 amide bonds. The van der Waals surface area contributed by atoms with Gasteiger partial charge < -0.3 is 25.8 Å². The average molecular weight is 397 g/mol. The van der Waals surface area contributed by atoms with Crippen LogP contribution in [-0.2, 0) is 13.1 Å². The van der Waals surface area contributed by atoms with Crippen molar-refractivity contribution in [3.8, 4) is 12.1 Å². The molecule has 0 radical (unpaired) electrons. The van der Waals surface area contributed by atoms with Gasteiger partial charge in [-0.2, -0.15) is 10.5 Å². The normalized spacial score (nSPS) is 13.3. The number of rotatable bonds is 9. The highest BCUT2D eigenvalue weighted by Crippen LogP contribution is 2.15. The Morgan fingerprint density at radius 2 is 1.78 bits per heavy atom. The largest absolute Gasteiger partial charge is 0.463 e. The van der Waals surface area contributed by atoms with Gasteiger partial charge in [-0.05, 0) is 38.1 Å². The predicted octanol–water partition coefficient (Wildman–Crippen LogP) is 1.02. The van der Waals surface area contributed by atoms with E-state index in [2.05, 4.69) is 26.9 Å². The summed E-state index contributed by atoms with van der Waals surface area (Å²) in [5.41, 5.74) is 0.0517. The number of nitrogens with zero attached hydrogens (tertiary/aromatic N) is 3. The van der Waals surface area contributed by atoms with Gasteiger partial charge in [0.05, 0.1) is 13.1 Å². The molecule has 0 unspecified atom stereocenters. The summed E-state index contributed by atoms with van der Waals surface area (Å²) in [5, 5.41) is 26.9. The fourth-order valence-corrected chi connectivity index (χ4v) is 2.87. The second kappa shape index (κ2) is 13.9. The van der Waals surface area contributed by atoms with Gasteiger partial charge in [-0.25, -0.2) is 0 Å². The van der Waals surface area contributed by atoms with Crippen molar-refractivity contribution in [2.45, 2.75) is 32.4 Å². The van der Waals surface area contributed by atoms with E-state index < -0.39 is 0 Å². The van der Waals surface area contributed by atoms with Crippen molar-refractivity contribution in [3.63, 3.8) is 0 Å². The molecule has 5 N–H and O–H groups in total. The molecule has 0 aromatic carbocycles. The van der Waals surface area contributed by atoms with Crippen LogP contribution in [0.3, 0.4) is 0 Å². The van der Waals surface area contributed by atoms with Crippen LogP contribution in [0.2, 0.25) is 0 Å². The first-order valence-corrected chi connectivity index (χ1v) is 8.73. The van der Waals surface area contributed by atoms with E-state index in [9.17, 15) is 0 Å². The summed E-state index contributed by atoms with van der Waals surface area (Å²) in [6.07, 6.45) is 3.90. The summed E-state index contributed by atoms with van der Waals surface area (Å²) in [6, 6.07) is 7.79. The van der Waals surface area contributed by atoms with E-state index in [1.54, 1.807) is 7.05 Å². The molecule has 1 aliphatic heterocycles. The molecule has 1 aromatic heterocycles. The zero-order valence-electron chi connectivity index (χ0n) is 15.7. The smallest absolute Gasteiger partial charge is 0.169 e. The van der Waals surface area contributed by atoms with Gasteiger partial charge in [0.2, 0.25) is 0 Å². The molecular weight excluding hydrogens is 368 g/mol. The van der Waals surface area contributed by atoms with Crippen molar-refractivity contribution in [3.05, 3.63) is 35.0 Å². The molecule has 0 bridgehead atoms. The number of piperidine rings is 1. The first kappa shape index (κ1) is 24.8. The summed E-state index contributed by atoms with van der Waals surface area (Å²) in [7, 11) is 1.68. The third-order valence-electron chi connectivity index (χ3n) is 4.17. The van der Waals surface area contributed by atoms with Crippen molar-refractivity contribution >= 4 is 12.4 Å². The Kier molecular flexibility index (Phi) is 12.8. The van der Waals surface area contributed by atoms with E-state index in [-0.39, 0.29) is 23.5 Å². The van der Waals surface area contributed by atoms with Crippen LogP contribution in [0.1, 0.15) is 30.8 Å². The predicted molar refractivity (Wildman–Crippen MR) is 106 cm³/mol. The number of hydrogen-bond acceptors (Lipinski definition) is 7. The Morgan fingerprint density at radius 1 is 1.11 bits per heavy atom. The molecular formula is C18H29ClN6O2.